The second-order valence-electron chi connectivity index (χ2n) is 2.78. The van der Waals surface area contributed by atoms with Crippen LogP contribution in [0.15, 0.2) is 18.2 Å². The summed E-state index contributed by atoms with van der Waals surface area (Å²) in [7, 11) is 0. The number of alkyl halides is 1. The largest absolute Gasteiger partial charge is 0.394 e. The summed E-state index contributed by atoms with van der Waals surface area (Å²) in [5.74, 6) is 0. The third kappa shape index (κ3) is 2.40. The first-order chi connectivity index (χ1) is 6.19. The Hall–Kier alpha value is -0.640. The second-order valence-corrected chi connectivity index (χ2v) is 3.19. The van der Waals surface area contributed by atoms with Gasteiger partial charge in [0.1, 0.15) is 6.67 Å². The summed E-state index contributed by atoms with van der Waals surface area (Å²) in [6.45, 7) is -0.719. The highest BCUT2D eigenvalue weighted by Gasteiger charge is 2.08. The molecule has 0 radical (unpaired) electrons. The van der Waals surface area contributed by atoms with E-state index in [0.29, 0.717) is 16.1 Å². The van der Waals surface area contributed by atoms with Gasteiger partial charge in [-0.1, -0.05) is 23.7 Å². The maximum Gasteiger partial charge on any atom is 0.115 e. The molecule has 2 nitrogen and oxygen atoms in total. The van der Waals surface area contributed by atoms with E-state index in [2.05, 4.69) is 0 Å². The topological polar surface area (TPSA) is 46.2 Å². The van der Waals surface area contributed by atoms with Crippen molar-refractivity contribution in [3.8, 4) is 0 Å². The van der Waals surface area contributed by atoms with Gasteiger partial charge in [-0.15, -0.1) is 0 Å². The third-order valence-electron chi connectivity index (χ3n) is 1.82. The van der Waals surface area contributed by atoms with Crippen LogP contribution in [-0.4, -0.2) is 11.7 Å². The van der Waals surface area contributed by atoms with Gasteiger partial charge >= 0.3 is 0 Å². The molecule has 0 fully saturated rings. The van der Waals surface area contributed by atoms with E-state index in [1.54, 1.807) is 12.1 Å². The molecule has 1 rings (SSSR count). The SMILES string of the molecule is NC(CO)c1ccc(CF)cc1Cl. The Morgan fingerprint density at radius 1 is 1.54 bits per heavy atom. The van der Waals surface area contributed by atoms with Crippen molar-refractivity contribution in [1.82, 2.24) is 0 Å². The lowest BCUT2D eigenvalue weighted by atomic mass is 10.1. The quantitative estimate of drug-likeness (QED) is 0.787. The van der Waals surface area contributed by atoms with Gasteiger partial charge in [-0.25, -0.2) is 4.39 Å². The van der Waals surface area contributed by atoms with Crippen molar-refractivity contribution in [2.24, 2.45) is 5.73 Å². The molecule has 1 atom stereocenters. The Labute approximate surface area is 81.1 Å². The van der Waals surface area contributed by atoms with E-state index in [1.807, 2.05) is 0 Å². The van der Waals surface area contributed by atoms with E-state index in [-0.39, 0.29) is 6.61 Å². The van der Waals surface area contributed by atoms with Crippen LogP contribution in [0.2, 0.25) is 5.02 Å². The molecular weight excluding hydrogens is 193 g/mol. The highest BCUT2D eigenvalue weighted by atomic mass is 35.5. The standard InChI is InChI=1S/C9H11ClFNO/c10-8-3-6(4-11)1-2-7(8)9(12)5-13/h1-3,9,13H,4-5,12H2. The second kappa shape index (κ2) is 4.56. The monoisotopic (exact) mass is 203 g/mol. The minimum absolute atomic E-state index is 0.172. The fraction of sp³-hybridized carbons (Fsp3) is 0.333. The highest BCUT2D eigenvalue weighted by molar-refractivity contribution is 6.31. The molecule has 0 bridgehead atoms. The molecule has 3 N–H and O–H groups in total. The van der Waals surface area contributed by atoms with Crippen molar-refractivity contribution in [3.05, 3.63) is 34.3 Å². The highest BCUT2D eigenvalue weighted by Crippen LogP contribution is 2.22. The first-order valence-electron chi connectivity index (χ1n) is 3.89. The maximum absolute atomic E-state index is 12.2. The van der Waals surface area contributed by atoms with Crippen LogP contribution >= 0.6 is 11.6 Å². The summed E-state index contributed by atoms with van der Waals surface area (Å²) in [6.07, 6.45) is 0. The van der Waals surface area contributed by atoms with Gasteiger partial charge in [0.05, 0.1) is 12.6 Å². The first-order valence-corrected chi connectivity index (χ1v) is 4.27. The van der Waals surface area contributed by atoms with Crippen LogP contribution in [0.3, 0.4) is 0 Å². The van der Waals surface area contributed by atoms with E-state index in [0.717, 1.165) is 0 Å². The molecule has 0 aliphatic rings. The van der Waals surface area contributed by atoms with Crippen LogP contribution in [0.4, 0.5) is 4.39 Å². The van der Waals surface area contributed by atoms with Crippen molar-refractivity contribution >= 4 is 11.6 Å². The fourth-order valence-electron chi connectivity index (χ4n) is 1.05. The first kappa shape index (κ1) is 10.4. The van der Waals surface area contributed by atoms with E-state index in [9.17, 15) is 4.39 Å². The molecule has 0 saturated carbocycles. The normalized spacial score (nSPS) is 12.9. The lowest BCUT2D eigenvalue weighted by molar-refractivity contribution is 0.268. The van der Waals surface area contributed by atoms with Gasteiger partial charge < -0.3 is 10.8 Å². The summed E-state index contributed by atoms with van der Waals surface area (Å²) < 4.78 is 12.2. The number of hydrogen-bond donors (Lipinski definition) is 2. The molecule has 0 spiro atoms. The number of halogens is 2. The Kier molecular flexibility index (Phi) is 3.66. The Morgan fingerprint density at radius 3 is 2.69 bits per heavy atom. The molecular formula is C9H11ClFNO. The zero-order valence-corrected chi connectivity index (χ0v) is 7.76. The fourth-order valence-corrected chi connectivity index (χ4v) is 1.40. The van der Waals surface area contributed by atoms with Gasteiger partial charge in [0.25, 0.3) is 0 Å². The molecule has 0 amide bonds. The molecule has 1 aromatic carbocycles. The predicted molar refractivity (Wildman–Crippen MR) is 50.3 cm³/mol. The number of rotatable bonds is 3. The summed E-state index contributed by atoms with van der Waals surface area (Å²) in [6, 6.07) is 4.27. The van der Waals surface area contributed by atoms with Crippen molar-refractivity contribution in [2.75, 3.05) is 6.61 Å². The van der Waals surface area contributed by atoms with E-state index in [1.165, 1.54) is 6.07 Å². The van der Waals surface area contributed by atoms with Crippen LogP contribution in [0, 0.1) is 0 Å². The van der Waals surface area contributed by atoms with Crippen LogP contribution in [0.1, 0.15) is 17.2 Å². The van der Waals surface area contributed by atoms with E-state index in [4.69, 9.17) is 22.4 Å². The molecule has 0 aromatic heterocycles. The lowest BCUT2D eigenvalue weighted by Crippen LogP contribution is -2.14. The Balaban J connectivity index is 2.98. The minimum atomic E-state index is -0.547. The van der Waals surface area contributed by atoms with Gasteiger partial charge in [0, 0.05) is 5.02 Å². The molecule has 0 saturated heterocycles. The third-order valence-corrected chi connectivity index (χ3v) is 2.14. The summed E-state index contributed by atoms with van der Waals surface area (Å²) >= 11 is 5.82. The molecule has 0 aliphatic heterocycles. The zero-order valence-electron chi connectivity index (χ0n) is 7.00. The number of aliphatic hydroxyl groups excluding tert-OH is 1. The minimum Gasteiger partial charge on any atom is -0.394 e. The van der Waals surface area contributed by atoms with Gasteiger partial charge in [-0.2, -0.15) is 0 Å². The maximum atomic E-state index is 12.2. The van der Waals surface area contributed by atoms with Crippen molar-refractivity contribution in [3.63, 3.8) is 0 Å². The summed E-state index contributed by atoms with van der Waals surface area (Å²) in [5, 5.41) is 9.18. The smallest absolute Gasteiger partial charge is 0.115 e. The number of benzene rings is 1. The average Bonchev–Trinajstić information content (AvgIpc) is 2.16. The van der Waals surface area contributed by atoms with Crippen LogP contribution in [0.5, 0.6) is 0 Å². The predicted octanol–water partition coefficient (Wildman–Crippen LogP) is 1.80. The molecule has 0 aliphatic carbocycles. The van der Waals surface area contributed by atoms with Crippen LogP contribution in [-0.2, 0) is 6.67 Å². The van der Waals surface area contributed by atoms with Crippen LogP contribution in [0.25, 0.3) is 0 Å². The molecule has 4 heteroatoms. The molecule has 0 heterocycles. The average molecular weight is 204 g/mol. The lowest BCUT2D eigenvalue weighted by Gasteiger charge is -2.10. The van der Waals surface area contributed by atoms with E-state index < -0.39 is 12.7 Å². The zero-order chi connectivity index (χ0) is 9.84. The van der Waals surface area contributed by atoms with E-state index >= 15 is 0 Å². The molecule has 72 valence electrons. The number of hydrogen-bond acceptors (Lipinski definition) is 2. The van der Waals surface area contributed by atoms with Gasteiger partial charge in [-0.05, 0) is 17.2 Å². The Bertz CT molecular complexity index is 293. The van der Waals surface area contributed by atoms with Gasteiger partial charge in [0.15, 0.2) is 0 Å². The van der Waals surface area contributed by atoms with Gasteiger partial charge in [-0.3, -0.25) is 0 Å². The van der Waals surface area contributed by atoms with Crippen molar-refractivity contribution < 1.29 is 9.50 Å². The van der Waals surface area contributed by atoms with Gasteiger partial charge in [0.2, 0.25) is 0 Å². The van der Waals surface area contributed by atoms with Crippen molar-refractivity contribution in [2.45, 2.75) is 12.7 Å². The molecule has 1 aromatic rings. The number of aliphatic hydroxyl groups is 1. The number of nitrogens with two attached hydrogens (primary N) is 1. The van der Waals surface area contributed by atoms with Crippen molar-refractivity contribution in [1.29, 1.82) is 0 Å². The summed E-state index contributed by atoms with van der Waals surface area (Å²) in [5.41, 5.74) is 6.71. The molecule has 13 heavy (non-hydrogen) atoms. The van der Waals surface area contributed by atoms with Crippen LogP contribution < -0.4 is 5.73 Å². The molecule has 1 unspecified atom stereocenters. The Morgan fingerprint density at radius 2 is 2.23 bits per heavy atom. The summed E-state index contributed by atoms with van der Waals surface area (Å²) in [4.78, 5) is 0.